The summed E-state index contributed by atoms with van der Waals surface area (Å²) in [5.41, 5.74) is 3.16. The van der Waals surface area contributed by atoms with E-state index in [1.54, 1.807) is 36.7 Å². The molecule has 0 saturated heterocycles. The van der Waals surface area contributed by atoms with E-state index in [2.05, 4.69) is 9.97 Å². The number of para-hydroxylation sites is 1. The summed E-state index contributed by atoms with van der Waals surface area (Å²) in [6.45, 7) is 1.89. The fourth-order valence-corrected chi connectivity index (χ4v) is 3.84. The largest absolute Gasteiger partial charge is 0.377 e. The number of hydrogen-bond acceptors (Lipinski definition) is 5. The molecule has 0 aliphatic heterocycles. The third-order valence-corrected chi connectivity index (χ3v) is 5.65. The minimum atomic E-state index is -3.96. The Morgan fingerprint density at radius 1 is 0.828 bits per heavy atom. The summed E-state index contributed by atoms with van der Waals surface area (Å²) in [5.74, 6) is 0.191. The Morgan fingerprint density at radius 3 is 2.41 bits per heavy atom. The van der Waals surface area contributed by atoms with Crippen molar-refractivity contribution in [2.75, 3.05) is 0 Å². The Labute approximate surface area is 169 Å². The van der Waals surface area contributed by atoms with E-state index in [1.807, 2.05) is 49.4 Å². The first-order chi connectivity index (χ1) is 14.0. The van der Waals surface area contributed by atoms with Crippen molar-refractivity contribution in [3.8, 4) is 5.75 Å². The summed E-state index contributed by atoms with van der Waals surface area (Å²) in [4.78, 5) is 8.73. The van der Waals surface area contributed by atoms with E-state index in [0.717, 1.165) is 22.2 Å². The molecule has 144 valence electrons. The van der Waals surface area contributed by atoms with Crippen LogP contribution in [0.5, 0.6) is 5.75 Å². The van der Waals surface area contributed by atoms with E-state index < -0.39 is 10.1 Å². The highest BCUT2D eigenvalue weighted by molar-refractivity contribution is 7.87. The lowest BCUT2D eigenvalue weighted by Crippen LogP contribution is -2.10. The maximum Gasteiger partial charge on any atom is 0.339 e. The minimum absolute atomic E-state index is 0.103. The zero-order valence-electron chi connectivity index (χ0n) is 15.7. The van der Waals surface area contributed by atoms with Gasteiger partial charge in [-0.05, 0) is 55.0 Å². The van der Waals surface area contributed by atoms with Gasteiger partial charge in [-0.25, -0.2) is 0 Å². The molecular weight excluding hydrogens is 384 g/mol. The van der Waals surface area contributed by atoms with E-state index in [9.17, 15) is 8.42 Å². The van der Waals surface area contributed by atoms with Crippen molar-refractivity contribution < 1.29 is 12.6 Å². The molecule has 0 spiro atoms. The van der Waals surface area contributed by atoms with Crippen LogP contribution in [0.25, 0.3) is 23.1 Å². The van der Waals surface area contributed by atoms with Crippen LogP contribution >= 0.6 is 0 Å². The summed E-state index contributed by atoms with van der Waals surface area (Å²) in [6.07, 6.45) is 7.17. The molecule has 0 aliphatic rings. The van der Waals surface area contributed by atoms with Crippen molar-refractivity contribution in [3.05, 3.63) is 95.9 Å². The molecule has 0 unspecified atom stereocenters. The molecule has 5 nitrogen and oxygen atoms in total. The van der Waals surface area contributed by atoms with E-state index >= 15 is 0 Å². The van der Waals surface area contributed by atoms with Gasteiger partial charge in [-0.3, -0.25) is 9.97 Å². The first kappa shape index (κ1) is 18.8. The minimum Gasteiger partial charge on any atom is -0.377 e. The molecule has 4 rings (SSSR count). The number of rotatable bonds is 5. The van der Waals surface area contributed by atoms with E-state index in [-0.39, 0.29) is 10.6 Å². The molecule has 0 amide bonds. The topological polar surface area (TPSA) is 69.2 Å². The van der Waals surface area contributed by atoms with Gasteiger partial charge in [0.25, 0.3) is 0 Å². The fourth-order valence-electron chi connectivity index (χ4n) is 2.90. The van der Waals surface area contributed by atoms with Crippen molar-refractivity contribution in [2.24, 2.45) is 0 Å². The summed E-state index contributed by atoms with van der Waals surface area (Å²) in [5, 5.41) is 0.788. The molecule has 0 bridgehead atoms. The van der Waals surface area contributed by atoms with Crippen LogP contribution in [0.1, 0.15) is 16.8 Å². The average Bonchev–Trinajstić information content (AvgIpc) is 2.73. The number of nitrogens with zero attached hydrogens (tertiary/aromatic N) is 2. The summed E-state index contributed by atoms with van der Waals surface area (Å²) in [6, 6.07) is 19.3. The Morgan fingerprint density at radius 2 is 1.66 bits per heavy atom. The fraction of sp³-hybridized carbons (Fsp3) is 0.0435. The Hall–Kier alpha value is -3.51. The van der Waals surface area contributed by atoms with Gasteiger partial charge in [-0.2, -0.15) is 8.42 Å². The zero-order valence-corrected chi connectivity index (χ0v) is 16.5. The predicted octanol–water partition coefficient (Wildman–Crippen LogP) is 4.88. The van der Waals surface area contributed by atoms with Gasteiger partial charge in [0.2, 0.25) is 0 Å². The second-order valence-corrected chi connectivity index (χ2v) is 8.04. The molecule has 2 aromatic heterocycles. The van der Waals surface area contributed by atoms with Crippen LogP contribution in [0, 0.1) is 6.92 Å². The number of pyridine rings is 2. The molecule has 4 aromatic rings. The lowest BCUT2D eigenvalue weighted by molar-refractivity contribution is 0.488. The highest BCUT2D eigenvalue weighted by Gasteiger charge is 2.18. The van der Waals surface area contributed by atoms with Crippen LogP contribution in [-0.4, -0.2) is 18.4 Å². The number of aryl methyl sites for hydroxylation is 1. The molecule has 0 atom stereocenters. The quantitative estimate of drug-likeness (QED) is 0.445. The number of aromatic nitrogens is 2. The number of benzene rings is 2. The SMILES string of the molecule is Cc1ccc(S(=O)(=O)Oc2cccc3c(/C=C/c4ccccn4)ccnc23)cc1. The van der Waals surface area contributed by atoms with Crippen LogP contribution in [0.15, 0.2) is 84.0 Å². The first-order valence-corrected chi connectivity index (χ1v) is 10.4. The third-order valence-electron chi connectivity index (χ3n) is 4.40. The summed E-state index contributed by atoms with van der Waals surface area (Å²) < 4.78 is 30.8. The maximum absolute atomic E-state index is 12.7. The molecule has 2 aromatic carbocycles. The van der Waals surface area contributed by atoms with Gasteiger partial charge < -0.3 is 4.18 Å². The van der Waals surface area contributed by atoms with E-state index in [4.69, 9.17) is 4.18 Å². The molecule has 0 radical (unpaired) electrons. The standard InChI is InChI=1S/C23H18N2O3S/c1-17-8-12-20(13-9-17)29(26,27)28-22-7-4-6-21-18(14-16-25-23(21)22)10-11-19-5-2-3-15-24-19/h2-16H,1H3/b11-10+. The molecular formula is C23H18N2O3S. The molecule has 0 saturated carbocycles. The molecule has 29 heavy (non-hydrogen) atoms. The maximum atomic E-state index is 12.7. The zero-order chi connectivity index (χ0) is 20.3. The molecule has 6 heteroatoms. The van der Waals surface area contributed by atoms with E-state index in [0.29, 0.717) is 5.52 Å². The average molecular weight is 402 g/mol. The predicted molar refractivity (Wildman–Crippen MR) is 114 cm³/mol. The molecule has 0 aliphatic carbocycles. The molecule has 0 fully saturated rings. The molecule has 0 N–H and O–H groups in total. The second-order valence-electron chi connectivity index (χ2n) is 6.49. The van der Waals surface area contributed by atoms with Crippen LogP contribution < -0.4 is 4.18 Å². The van der Waals surface area contributed by atoms with Crippen LogP contribution in [-0.2, 0) is 10.1 Å². The Balaban J connectivity index is 1.71. The lowest BCUT2D eigenvalue weighted by atomic mass is 10.1. The molecule has 2 heterocycles. The summed E-state index contributed by atoms with van der Waals surface area (Å²) in [7, 11) is -3.96. The van der Waals surface area contributed by atoms with Gasteiger partial charge in [0.15, 0.2) is 5.75 Å². The highest BCUT2D eigenvalue weighted by Crippen LogP contribution is 2.29. The van der Waals surface area contributed by atoms with E-state index in [1.165, 1.54) is 12.1 Å². The van der Waals surface area contributed by atoms with Crippen molar-refractivity contribution in [3.63, 3.8) is 0 Å². The smallest absolute Gasteiger partial charge is 0.339 e. The first-order valence-electron chi connectivity index (χ1n) is 9.01. The Bertz CT molecular complexity index is 1280. The van der Waals surface area contributed by atoms with Crippen LogP contribution in [0.4, 0.5) is 0 Å². The van der Waals surface area contributed by atoms with Crippen molar-refractivity contribution in [1.29, 1.82) is 0 Å². The lowest BCUT2D eigenvalue weighted by Gasteiger charge is -2.10. The van der Waals surface area contributed by atoms with Gasteiger partial charge in [-0.15, -0.1) is 0 Å². The van der Waals surface area contributed by atoms with Crippen molar-refractivity contribution in [2.45, 2.75) is 11.8 Å². The van der Waals surface area contributed by atoms with Gasteiger partial charge in [0.1, 0.15) is 10.4 Å². The summed E-state index contributed by atoms with van der Waals surface area (Å²) >= 11 is 0. The highest BCUT2D eigenvalue weighted by atomic mass is 32.2. The van der Waals surface area contributed by atoms with Crippen LogP contribution in [0.2, 0.25) is 0 Å². The number of hydrogen-bond donors (Lipinski definition) is 0. The van der Waals surface area contributed by atoms with Gasteiger partial charge in [-0.1, -0.05) is 42.0 Å². The van der Waals surface area contributed by atoms with Gasteiger partial charge in [0, 0.05) is 17.8 Å². The van der Waals surface area contributed by atoms with Crippen LogP contribution in [0.3, 0.4) is 0 Å². The third kappa shape index (κ3) is 4.17. The van der Waals surface area contributed by atoms with Gasteiger partial charge >= 0.3 is 10.1 Å². The number of fused-ring (bicyclic) bond motifs is 1. The Kier molecular flexibility index (Phi) is 5.10. The monoisotopic (exact) mass is 402 g/mol. The van der Waals surface area contributed by atoms with Crippen molar-refractivity contribution in [1.82, 2.24) is 9.97 Å². The second kappa shape index (κ2) is 7.85. The van der Waals surface area contributed by atoms with Crippen molar-refractivity contribution >= 4 is 33.2 Å². The van der Waals surface area contributed by atoms with Gasteiger partial charge in [0.05, 0.1) is 5.69 Å². The normalized spacial score (nSPS) is 11.8.